The summed E-state index contributed by atoms with van der Waals surface area (Å²) in [6, 6.07) is 12.0. The van der Waals surface area contributed by atoms with Crippen LogP contribution in [0.15, 0.2) is 54.7 Å². The number of ether oxygens (including phenoxy) is 2. The maximum atomic E-state index is 14.8. The molecule has 16 heteroatoms. The number of aryl methyl sites for hydroxylation is 1. The van der Waals surface area contributed by atoms with Gasteiger partial charge >= 0.3 is 5.97 Å². The summed E-state index contributed by atoms with van der Waals surface area (Å²) in [5, 5.41) is 19.8. The first-order chi connectivity index (χ1) is 32.4. The molecule has 4 aromatic rings. The number of pyridine rings is 1. The lowest BCUT2D eigenvalue weighted by Crippen LogP contribution is -2.62. The van der Waals surface area contributed by atoms with Crippen molar-refractivity contribution in [2.45, 2.75) is 123 Å². The van der Waals surface area contributed by atoms with E-state index in [2.05, 4.69) is 59.6 Å². The van der Waals surface area contributed by atoms with Gasteiger partial charge in [0.05, 0.1) is 36.1 Å². The number of amides is 4. The Morgan fingerprint density at radius 3 is 2.53 bits per heavy atom. The van der Waals surface area contributed by atoms with Crippen molar-refractivity contribution < 1.29 is 38.6 Å². The topological polar surface area (TPSA) is 198 Å². The van der Waals surface area contributed by atoms with Crippen molar-refractivity contribution in [3.63, 3.8) is 0 Å². The van der Waals surface area contributed by atoms with E-state index in [-0.39, 0.29) is 61.2 Å². The van der Waals surface area contributed by atoms with Crippen LogP contribution in [-0.2, 0) is 52.8 Å². The standard InChI is InChI=1S/C52H68N8O8/c1-10-58-43-16-15-33-25-38(43)39(46(58)37-13-11-18-53-44(37)31(5)67-9)26-52(6,7)28-68-51(66)40-14-12-19-60(56-40)50(65)41(23-32-21-34(33)24-35(61)22-32)55-47(62)45(29(2)3)57(8)48(63)36-17-20-59(30(36)4)49(64)42-27-54-42/h11,13,15-16,18,21-22,24-25,29-31,36,40-42,45,54,56,61H,10,12,14,17,19-20,23,26-28H2,1-9H3,(H,55,62)/t30-,31+,36-,40+,41+,42+,45+/m1/s1. The van der Waals surface area contributed by atoms with Crippen molar-refractivity contribution in [2.75, 3.05) is 40.4 Å². The number of hydrogen-bond donors (Lipinski definition) is 4. The summed E-state index contributed by atoms with van der Waals surface area (Å²) >= 11 is 0. The van der Waals surface area contributed by atoms with E-state index < -0.39 is 47.2 Å². The first-order valence-electron chi connectivity index (χ1n) is 24.2. The van der Waals surface area contributed by atoms with Gasteiger partial charge in [-0.3, -0.25) is 34.0 Å². The lowest BCUT2D eigenvalue weighted by Gasteiger charge is -2.37. The molecule has 4 aliphatic rings. The third-order valence-corrected chi connectivity index (χ3v) is 14.4. The van der Waals surface area contributed by atoms with Gasteiger partial charge in [-0.05, 0) is 111 Å². The number of esters is 1. The van der Waals surface area contributed by atoms with E-state index in [0.717, 1.165) is 44.5 Å². The molecular weight excluding hydrogens is 865 g/mol. The highest BCUT2D eigenvalue weighted by Gasteiger charge is 2.46. The number of rotatable bonds is 10. The lowest BCUT2D eigenvalue weighted by atomic mass is 9.84. The quantitative estimate of drug-likeness (QED) is 0.121. The minimum Gasteiger partial charge on any atom is -0.508 e. The van der Waals surface area contributed by atoms with Crippen LogP contribution in [0.4, 0.5) is 0 Å². The predicted octanol–water partition coefficient (Wildman–Crippen LogP) is 5.14. The van der Waals surface area contributed by atoms with Crippen LogP contribution < -0.4 is 16.1 Å². The third kappa shape index (κ3) is 9.72. The van der Waals surface area contributed by atoms with Crippen LogP contribution in [0.3, 0.4) is 0 Å². The Hall–Kier alpha value is -5.84. The Morgan fingerprint density at radius 1 is 1.06 bits per heavy atom. The van der Waals surface area contributed by atoms with Crippen LogP contribution in [0, 0.1) is 17.3 Å². The Kier molecular flexibility index (Phi) is 14.0. The second kappa shape index (κ2) is 19.6. The number of hydrazine groups is 1. The van der Waals surface area contributed by atoms with Crippen molar-refractivity contribution in [3.8, 4) is 28.1 Å². The molecule has 8 rings (SSSR count). The average molecular weight is 933 g/mol. The van der Waals surface area contributed by atoms with Crippen LogP contribution in [0.2, 0.25) is 0 Å². The molecule has 0 aliphatic carbocycles. The first kappa shape index (κ1) is 48.6. The molecule has 0 spiro atoms. The van der Waals surface area contributed by atoms with Crippen molar-refractivity contribution in [1.82, 2.24) is 40.4 Å². The van der Waals surface area contributed by atoms with Crippen LogP contribution in [0.5, 0.6) is 5.75 Å². The molecule has 4 N–H and O–H groups in total. The van der Waals surface area contributed by atoms with E-state index in [4.69, 9.17) is 14.5 Å². The van der Waals surface area contributed by atoms with Gasteiger partial charge in [-0.15, -0.1) is 0 Å². The lowest BCUT2D eigenvalue weighted by molar-refractivity contribution is -0.155. The average Bonchev–Trinajstić information content (AvgIpc) is 4.04. The summed E-state index contributed by atoms with van der Waals surface area (Å²) in [5.41, 5.74) is 9.57. The molecule has 4 amide bonds. The highest BCUT2D eigenvalue weighted by atomic mass is 16.5. The normalized spacial score (nSPS) is 23.8. The van der Waals surface area contributed by atoms with Crippen molar-refractivity contribution in [1.29, 1.82) is 0 Å². The molecule has 3 saturated heterocycles. The zero-order valence-corrected chi connectivity index (χ0v) is 40.9. The van der Waals surface area contributed by atoms with Gasteiger partial charge in [0.15, 0.2) is 0 Å². The summed E-state index contributed by atoms with van der Waals surface area (Å²) in [4.78, 5) is 78.6. The van der Waals surface area contributed by atoms with Gasteiger partial charge in [-0.1, -0.05) is 39.8 Å². The number of hydrogen-bond acceptors (Lipinski definition) is 11. The van der Waals surface area contributed by atoms with Gasteiger partial charge in [-0.2, -0.15) is 0 Å². The fourth-order valence-electron chi connectivity index (χ4n) is 10.7. The number of methoxy groups -OCH3 is 1. The summed E-state index contributed by atoms with van der Waals surface area (Å²) in [6.07, 6.45) is 3.46. The van der Waals surface area contributed by atoms with E-state index in [0.29, 0.717) is 50.9 Å². The van der Waals surface area contributed by atoms with Gasteiger partial charge < -0.3 is 39.6 Å². The Bertz CT molecular complexity index is 2590. The summed E-state index contributed by atoms with van der Waals surface area (Å²) < 4.78 is 14.2. The van der Waals surface area contributed by atoms with Gasteiger partial charge in [-0.25, -0.2) is 5.43 Å². The molecular formula is C52H68N8O8. The van der Waals surface area contributed by atoms with Crippen molar-refractivity contribution in [3.05, 3.63) is 71.5 Å². The molecule has 3 fully saturated rings. The molecule has 68 heavy (non-hydrogen) atoms. The van der Waals surface area contributed by atoms with E-state index in [1.807, 2.05) is 45.9 Å². The number of benzene rings is 2. The maximum Gasteiger partial charge on any atom is 0.324 e. The van der Waals surface area contributed by atoms with E-state index in [1.54, 1.807) is 37.4 Å². The fourth-order valence-corrected chi connectivity index (χ4v) is 10.7. The zero-order chi connectivity index (χ0) is 48.8. The van der Waals surface area contributed by atoms with Gasteiger partial charge in [0.1, 0.15) is 23.9 Å². The number of carbonyl (C=O) groups is 5. The molecule has 6 heterocycles. The van der Waals surface area contributed by atoms with Crippen molar-refractivity contribution in [2.24, 2.45) is 17.3 Å². The first-order valence-corrected chi connectivity index (χ1v) is 24.2. The number of cyclic esters (lactones) is 1. The molecule has 0 saturated carbocycles. The van der Waals surface area contributed by atoms with Gasteiger partial charge in [0.25, 0.3) is 5.91 Å². The smallest absolute Gasteiger partial charge is 0.324 e. The molecule has 2 aromatic heterocycles. The molecule has 0 radical (unpaired) electrons. The van der Waals surface area contributed by atoms with E-state index in [1.165, 1.54) is 9.91 Å². The highest BCUT2D eigenvalue weighted by Crippen LogP contribution is 2.42. The fraction of sp³-hybridized carbons (Fsp3) is 0.538. The number of aromatic hydroxyl groups is 1. The molecule has 364 valence electrons. The number of phenols is 1. The summed E-state index contributed by atoms with van der Waals surface area (Å²) in [6.45, 7) is 16.0. The van der Waals surface area contributed by atoms with E-state index >= 15 is 0 Å². The van der Waals surface area contributed by atoms with Gasteiger partial charge in [0.2, 0.25) is 17.7 Å². The monoisotopic (exact) mass is 933 g/mol. The number of nitrogens with zero attached hydrogens (tertiary/aromatic N) is 5. The predicted molar refractivity (Wildman–Crippen MR) is 258 cm³/mol. The molecule has 16 nitrogen and oxygen atoms in total. The number of aromatic nitrogens is 2. The second-order valence-corrected chi connectivity index (χ2v) is 20.3. The summed E-state index contributed by atoms with van der Waals surface area (Å²) in [7, 11) is 3.28. The molecule has 6 bridgehead atoms. The summed E-state index contributed by atoms with van der Waals surface area (Å²) in [5.74, 6) is -2.56. The van der Waals surface area contributed by atoms with Crippen molar-refractivity contribution >= 4 is 40.5 Å². The number of carbonyl (C=O) groups excluding carboxylic acids is 5. The molecule has 0 unspecified atom stereocenters. The highest BCUT2D eigenvalue weighted by molar-refractivity contribution is 5.96. The van der Waals surface area contributed by atoms with Crippen LogP contribution in [-0.4, -0.2) is 130 Å². The number of likely N-dealkylation sites (N-methyl/N-ethyl adjacent to an activating group) is 1. The molecule has 2 aromatic carbocycles. The Balaban J connectivity index is 1.18. The zero-order valence-electron chi connectivity index (χ0n) is 40.9. The van der Waals surface area contributed by atoms with Crippen LogP contribution >= 0.6 is 0 Å². The number of phenolic OH excluding ortho intramolecular Hbond substituents is 1. The number of fused-ring (bicyclic) bond motifs is 6. The Morgan fingerprint density at radius 2 is 1.82 bits per heavy atom. The third-order valence-electron chi connectivity index (χ3n) is 14.4. The molecule has 4 aliphatic heterocycles. The SMILES string of the molecule is CCn1c(-c2cccnc2[C@H](C)OC)c2c3cc(ccc31)-c1cc(O)cc(c1)C[C@H](NC(=O)[C@H](C(C)C)N(C)C(=O)[C@@H]1CCN(C(=O)[C@@H]3CN3)[C@@H]1C)C(=O)N1CCC[C@H](N1)C(=O)OCC(C)(C)C2. The largest absolute Gasteiger partial charge is 0.508 e. The Labute approximate surface area is 399 Å². The minimum atomic E-state index is -1.16. The second-order valence-electron chi connectivity index (χ2n) is 20.3. The number of nitrogens with one attached hydrogen (secondary N) is 3. The van der Waals surface area contributed by atoms with Crippen LogP contribution in [0.25, 0.3) is 33.3 Å². The van der Waals surface area contributed by atoms with E-state index in [9.17, 15) is 29.1 Å². The molecule has 7 atom stereocenters. The number of likely N-dealkylation sites (tertiary alicyclic amines) is 1. The maximum absolute atomic E-state index is 14.8. The van der Waals surface area contributed by atoms with Crippen LogP contribution in [0.1, 0.15) is 90.7 Å². The minimum absolute atomic E-state index is 0.00676. The van der Waals surface area contributed by atoms with Gasteiger partial charge in [0, 0.05) is 80.9 Å².